The van der Waals surface area contributed by atoms with Crippen LogP contribution in [0.25, 0.3) is 0 Å². The third-order valence-corrected chi connectivity index (χ3v) is 4.27. The van der Waals surface area contributed by atoms with E-state index in [1.165, 1.54) is 48.9 Å². The molecule has 2 N–H and O–H groups in total. The highest BCUT2D eigenvalue weighted by atomic mass is 15.1. The highest BCUT2D eigenvalue weighted by Gasteiger charge is 2.18. The lowest BCUT2D eigenvalue weighted by atomic mass is 9.94. The molecule has 0 aliphatic heterocycles. The summed E-state index contributed by atoms with van der Waals surface area (Å²) in [6.45, 7) is 2.93. The van der Waals surface area contributed by atoms with E-state index in [4.69, 9.17) is 5.73 Å². The first kappa shape index (κ1) is 13.4. The Kier molecular flexibility index (Phi) is 4.65. The highest BCUT2D eigenvalue weighted by Crippen LogP contribution is 2.27. The topological polar surface area (TPSA) is 29.3 Å². The Morgan fingerprint density at radius 2 is 1.94 bits per heavy atom. The van der Waals surface area contributed by atoms with E-state index in [-0.39, 0.29) is 0 Å². The second-order valence-corrected chi connectivity index (χ2v) is 5.55. The second-order valence-electron chi connectivity index (χ2n) is 5.55. The van der Waals surface area contributed by atoms with Crippen molar-refractivity contribution >= 4 is 5.69 Å². The van der Waals surface area contributed by atoms with Gasteiger partial charge in [0.15, 0.2) is 0 Å². The van der Waals surface area contributed by atoms with Gasteiger partial charge in [-0.3, -0.25) is 0 Å². The molecule has 1 aromatic carbocycles. The molecule has 0 heterocycles. The summed E-state index contributed by atoms with van der Waals surface area (Å²) in [6.07, 6.45) is 7.87. The van der Waals surface area contributed by atoms with E-state index in [1.807, 2.05) is 0 Å². The van der Waals surface area contributed by atoms with Gasteiger partial charge < -0.3 is 10.6 Å². The molecule has 0 bridgehead atoms. The summed E-state index contributed by atoms with van der Waals surface area (Å²) >= 11 is 0. The Hall–Kier alpha value is -1.02. The van der Waals surface area contributed by atoms with E-state index in [0.717, 1.165) is 19.0 Å². The molecule has 0 amide bonds. The van der Waals surface area contributed by atoms with Crippen molar-refractivity contribution in [2.45, 2.75) is 51.5 Å². The summed E-state index contributed by atoms with van der Waals surface area (Å²) in [5.74, 6) is 0. The third kappa shape index (κ3) is 3.05. The zero-order chi connectivity index (χ0) is 13.0. The smallest absolute Gasteiger partial charge is 0.0368 e. The van der Waals surface area contributed by atoms with Gasteiger partial charge in [0.05, 0.1) is 0 Å². The number of benzene rings is 1. The Bertz CT molecular complexity index is 381. The van der Waals surface area contributed by atoms with Crippen LogP contribution >= 0.6 is 0 Å². The van der Waals surface area contributed by atoms with Crippen molar-refractivity contribution < 1.29 is 0 Å². The molecule has 1 aromatic rings. The molecular formula is C16H26N2. The van der Waals surface area contributed by atoms with Gasteiger partial charge in [-0.2, -0.15) is 0 Å². The van der Waals surface area contributed by atoms with Gasteiger partial charge in [-0.15, -0.1) is 0 Å². The van der Waals surface area contributed by atoms with Crippen molar-refractivity contribution in [1.82, 2.24) is 0 Å². The van der Waals surface area contributed by atoms with Crippen molar-refractivity contribution in [3.05, 3.63) is 29.3 Å². The number of hydrogen-bond acceptors (Lipinski definition) is 2. The number of anilines is 1. The van der Waals surface area contributed by atoms with Crippen LogP contribution in [0.4, 0.5) is 5.69 Å². The van der Waals surface area contributed by atoms with Crippen LogP contribution in [0.3, 0.4) is 0 Å². The molecule has 0 spiro atoms. The molecule has 18 heavy (non-hydrogen) atoms. The summed E-state index contributed by atoms with van der Waals surface area (Å²) in [4.78, 5) is 2.47. The lowest BCUT2D eigenvalue weighted by Crippen LogP contribution is -2.33. The van der Waals surface area contributed by atoms with Crippen LogP contribution in [0.15, 0.2) is 18.2 Å². The Morgan fingerprint density at radius 3 is 2.56 bits per heavy atom. The van der Waals surface area contributed by atoms with Gasteiger partial charge in [0.1, 0.15) is 0 Å². The van der Waals surface area contributed by atoms with Crippen LogP contribution in [0.5, 0.6) is 0 Å². The van der Waals surface area contributed by atoms with Crippen LogP contribution in [0, 0.1) is 6.92 Å². The summed E-state index contributed by atoms with van der Waals surface area (Å²) in [6, 6.07) is 7.56. The molecule has 100 valence electrons. The van der Waals surface area contributed by atoms with Crippen LogP contribution < -0.4 is 10.6 Å². The summed E-state index contributed by atoms with van der Waals surface area (Å²) in [5.41, 5.74) is 9.76. The molecule has 2 rings (SSSR count). The quantitative estimate of drug-likeness (QED) is 0.883. The molecule has 2 nitrogen and oxygen atoms in total. The van der Waals surface area contributed by atoms with E-state index in [0.29, 0.717) is 0 Å². The van der Waals surface area contributed by atoms with Crippen molar-refractivity contribution in [2.24, 2.45) is 5.73 Å². The predicted octanol–water partition coefficient (Wildman–Crippen LogP) is 3.27. The monoisotopic (exact) mass is 246 g/mol. The average Bonchev–Trinajstić information content (AvgIpc) is 2.41. The molecule has 0 radical (unpaired) electrons. The molecule has 0 unspecified atom stereocenters. The normalized spacial score (nSPS) is 16.8. The molecule has 1 aliphatic carbocycles. The molecule has 1 fully saturated rings. The number of aryl methyl sites for hydroxylation is 1. The Labute approximate surface area is 111 Å². The number of rotatable bonds is 4. The average molecular weight is 246 g/mol. The van der Waals surface area contributed by atoms with Crippen LogP contribution in [-0.4, -0.2) is 19.6 Å². The van der Waals surface area contributed by atoms with E-state index in [2.05, 4.69) is 37.1 Å². The first-order valence-electron chi connectivity index (χ1n) is 7.25. The van der Waals surface area contributed by atoms with Gasteiger partial charge in [0, 0.05) is 18.8 Å². The number of nitrogens with two attached hydrogens (primary N) is 1. The van der Waals surface area contributed by atoms with Crippen LogP contribution in [0.2, 0.25) is 0 Å². The molecule has 0 saturated heterocycles. The zero-order valence-corrected chi connectivity index (χ0v) is 11.8. The number of hydrogen-bond donors (Lipinski definition) is 1. The van der Waals surface area contributed by atoms with Crippen molar-refractivity contribution in [3.63, 3.8) is 0 Å². The molecule has 0 atom stereocenters. The van der Waals surface area contributed by atoms with Gasteiger partial charge in [-0.1, -0.05) is 25.3 Å². The maximum atomic E-state index is 5.63. The standard InChI is InChI=1S/C16H26N2/c1-13-12-16(9-8-14(13)10-11-17)18(2)15-6-4-3-5-7-15/h8-9,12,15H,3-7,10-11,17H2,1-2H3. The van der Waals surface area contributed by atoms with E-state index in [9.17, 15) is 0 Å². The lowest BCUT2D eigenvalue weighted by Gasteiger charge is -2.33. The van der Waals surface area contributed by atoms with E-state index >= 15 is 0 Å². The van der Waals surface area contributed by atoms with Crippen LogP contribution in [-0.2, 0) is 6.42 Å². The fourth-order valence-corrected chi connectivity index (χ4v) is 3.01. The maximum absolute atomic E-state index is 5.63. The molecular weight excluding hydrogens is 220 g/mol. The van der Waals surface area contributed by atoms with Crippen LogP contribution in [0.1, 0.15) is 43.2 Å². The first-order valence-corrected chi connectivity index (χ1v) is 7.25. The largest absolute Gasteiger partial charge is 0.372 e. The minimum Gasteiger partial charge on any atom is -0.372 e. The number of nitrogens with zero attached hydrogens (tertiary/aromatic N) is 1. The van der Waals surface area contributed by atoms with Gasteiger partial charge in [0.2, 0.25) is 0 Å². The summed E-state index contributed by atoms with van der Waals surface area (Å²) in [7, 11) is 2.24. The molecule has 2 heteroatoms. The van der Waals surface area contributed by atoms with Crippen molar-refractivity contribution in [2.75, 3.05) is 18.5 Å². The van der Waals surface area contributed by atoms with E-state index in [1.54, 1.807) is 0 Å². The summed E-state index contributed by atoms with van der Waals surface area (Å²) < 4.78 is 0. The lowest BCUT2D eigenvalue weighted by molar-refractivity contribution is 0.427. The zero-order valence-electron chi connectivity index (χ0n) is 11.8. The SMILES string of the molecule is Cc1cc(N(C)C2CCCCC2)ccc1CCN. The minimum atomic E-state index is 0.735. The Balaban J connectivity index is 2.10. The predicted molar refractivity (Wildman–Crippen MR) is 79.2 cm³/mol. The second kappa shape index (κ2) is 6.24. The third-order valence-electron chi connectivity index (χ3n) is 4.27. The fourth-order valence-electron chi connectivity index (χ4n) is 3.01. The molecule has 1 saturated carbocycles. The fraction of sp³-hybridized carbons (Fsp3) is 0.625. The highest BCUT2D eigenvalue weighted by molar-refractivity contribution is 5.51. The van der Waals surface area contributed by atoms with Crippen molar-refractivity contribution in [3.8, 4) is 0 Å². The van der Waals surface area contributed by atoms with Crippen molar-refractivity contribution in [1.29, 1.82) is 0 Å². The van der Waals surface area contributed by atoms with Gasteiger partial charge in [0.25, 0.3) is 0 Å². The van der Waals surface area contributed by atoms with Gasteiger partial charge >= 0.3 is 0 Å². The first-order chi connectivity index (χ1) is 8.72. The molecule has 1 aliphatic rings. The van der Waals surface area contributed by atoms with E-state index < -0.39 is 0 Å². The molecule has 0 aromatic heterocycles. The minimum absolute atomic E-state index is 0.735. The van der Waals surface area contributed by atoms with Gasteiger partial charge in [-0.25, -0.2) is 0 Å². The summed E-state index contributed by atoms with van der Waals surface area (Å²) in [5, 5.41) is 0. The maximum Gasteiger partial charge on any atom is 0.0368 e. The Morgan fingerprint density at radius 1 is 1.22 bits per heavy atom. The van der Waals surface area contributed by atoms with Gasteiger partial charge in [-0.05, 0) is 56.0 Å².